The molecular weight excluding hydrogens is 384 g/mol. The van der Waals surface area contributed by atoms with E-state index >= 15 is 0 Å². The van der Waals surface area contributed by atoms with Gasteiger partial charge in [-0.1, -0.05) is 15.9 Å². The van der Waals surface area contributed by atoms with Crippen molar-refractivity contribution in [2.24, 2.45) is 0 Å². The van der Waals surface area contributed by atoms with Gasteiger partial charge in [-0.05, 0) is 24.3 Å². The number of methoxy groups -OCH3 is 1. The summed E-state index contributed by atoms with van der Waals surface area (Å²) in [6, 6.07) is 6.70. The minimum atomic E-state index is -0.833. The van der Waals surface area contributed by atoms with Crippen LogP contribution in [-0.4, -0.2) is 18.1 Å². The second-order valence-electron chi connectivity index (χ2n) is 4.97. The Morgan fingerprint density at radius 1 is 1.21 bits per heavy atom. The van der Waals surface area contributed by atoms with E-state index < -0.39 is 17.6 Å². The first-order chi connectivity index (χ1) is 11.5. The zero-order valence-electron chi connectivity index (χ0n) is 12.5. The predicted molar refractivity (Wildman–Crippen MR) is 88.7 cm³/mol. The van der Waals surface area contributed by atoms with Gasteiger partial charge >= 0.3 is 5.97 Å². The largest absolute Gasteiger partial charge is 0.465 e. The number of alkyl halides is 1. The monoisotopic (exact) mass is 395 g/mol. The Hall–Kier alpha value is -2.41. The van der Waals surface area contributed by atoms with Gasteiger partial charge in [0.25, 0.3) is 0 Å². The molecule has 0 aliphatic heterocycles. The number of benzene rings is 2. The van der Waals surface area contributed by atoms with Crippen molar-refractivity contribution in [1.29, 1.82) is 0 Å². The number of hydrogen-bond acceptors (Lipinski definition) is 3. The Morgan fingerprint density at radius 3 is 2.71 bits per heavy atom. The van der Waals surface area contributed by atoms with Crippen LogP contribution in [0.15, 0.2) is 36.5 Å². The van der Waals surface area contributed by atoms with Crippen molar-refractivity contribution >= 4 is 32.8 Å². The summed E-state index contributed by atoms with van der Waals surface area (Å²) in [6.07, 6.45) is 1.70. The summed E-state index contributed by atoms with van der Waals surface area (Å²) in [5, 5.41) is 1.16. The van der Waals surface area contributed by atoms with E-state index in [4.69, 9.17) is 4.74 Å². The lowest BCUT2D eigenvalue weighted by atomic mass is 10.1. The maximum Gasteiger partial charge on any atom is 0.340 e. The van der Waals surface area contributed by atoms with E-state index in [-0.39, 0.29) is 17.1 Å². The Balaban J connectivity index is 2.07. The van der Waals surface area contributed by atoms with Crippen molar-refractivity contribution in [1.82, 2.24) is 4.98 Å². The Kier molecular flexibility index (Phi) is 4.53. The van der Waals surface area contributed by atoms with E-state index in [9.17, 15) is 13.6 Å². The van der Waals surface area contributed by atoms with Crippen LogP contribution in [0.5, 0.6) is 11.5 Å². The Labute approximate surface area is 144 Å². The van der Waals surface area contributed by atoms with Crippen molar-refractivity contribution in [3.05, 3.63) is 59.3 Å². The third kappa shape index (κ3) is 2.87. The molecule has 24 heavy (non-hydrogen) atoms. The van der Waals surface area contributed by atoms with Gasteiger partial charge in [0, 0.05) is 34.1 Å². The summed E-state index contributed by atoms with van der Waals surface area (Å²) in [6.45, 7) is 0. The number of ether oxygens (including phenoxy) is 2. The molecule has 7 heteroatoms. The molecule has 1 heterocycles. The zero-order valence-corrected chi connectivity index (χ0v) is 14.1. The van der Waals surface area contributed by atoms with Gasteiger partial charge in [-0.2, -0.15) is 0 Å². The fourth-order valence-corrected chi connectivity index (χ4v) is 2.98. The number of H-pyrrole nitrogens is 1. The van der Waals surface area contributed by atoms with Gasteiger partial charge in [0.1, 0.15) is 11.6 Å². The number of aromatic nitrogens is 1. The molecule has 0 aliphatic rings. The SMILES string of the molecule is COC(=O)c1cc(Oc2c(F)cc3[nH]ccc3c2CBr)ccc1F. The quantitative estimate of drug-likeness (QED) is 0.503. The van der Waals surface area contributed by atoms with Crippen LogP contribution in [0.25, 0.3) is 10.9 Å². The number of fused-ring (bicyclic) bond motifs is 1. The zero-order chi connectivity index (χ0) is 17.3. The second-order valence-corrected chi connectivity index (χ2v) is 5.53. The van der Waals surface area contributed by atoms with Crippen LogP contribution in [0, 0.1) is 11.6 Å². The van der Waals surface area contributed by atoms with Gasteiger partial charge in [0.2, 0.25) is 0 Å². The standard InChI is InChI=1S/C17H12BrF2NO3/c1-23-17(22)11-6-9(2-3-13(11)19)24-16-12(8-18)10-4-5-21-15(10)7-14(16)20/h2-7,21H,8H2,1H3. The van der Waals surface area contributed by atoms with Crippen LogP contribution >= 0.6 is 15.9 Å². The third-order valence-electron chi connectivity index (χ3n) is 3.56. The normalized spacial score (nSPS) is 10.8. The van der Waals surface area contributed by atoms with Gasteiger partial charge in [0.05, 0.1) is 12.7 Å². The Bertz CT molecular complexity index is 924. The van der Waals surface area contributed by atoms with Crippen molar-refractivity contribution in [2.75, 3.05) is 7.11 Å². The van der Waals surface area contributed by atoms with E-state index in [2.05, 4.69) is 25.7 Å². The summed E-state index contributed by atoms with van der Waals surface area (Å²) < 4.78 is 38.2. The molecule has 3 rings (SSSR count). The fraction of sp³-hybridized carbons (Fsp3) is 0.118. The number of aromatic amines is 1. The molecule has 1 N–H and O–H groups in total. The van der Waals surface area contributed by atoms with E-state index in [0.717, 1.165) is 18.6 Å². The summed E-state index contributed by atoms with van der Waals surface area (Å²) in [4.78, 5) is 14.5. The first-order valence-corrected chi connectivity index (χ1v) is 8.07. The van der Waals surface area contributed by atoms with Crippen LogP contribution in [0.3, 0.4) is 0 Å². The molecule has 0 radical (unpaired) electrons. The average molecular weight is 396 g/mol. The number of nitrogens with one attached hydrogen (secondary N) is 1. The number of carbonyl (C=O) groups is 1. The number of halogens is 3. The molecule has 0 saturated heterocycles. The van der Waals surface area contributed by atoms with Crippen LogP contribution in [0.4, 0.5) is 8.78 Å². The van der Waals surface area contributed by atoms with Gasteiger partial charge in [-0.15, -0.1) is 0 Å². The predicted octanol–water partition coefficient (Wildman–Crippen LogP) is 4.92. The number of rotatable bonds is 4. The Morgan fingerprint density at radius 2 is 2.00 bits per heavy atom. The topological polar surface area (TPSA) is 51.3 Å². The highest BCUT2D eigenvalue weighted by Gasteiger charge is 2.18. The highest BCUT2D eigenvalue weighted by Crippen LogP contribution is 2.36. The lowest BCUT2D eigenvalue weighted by Crippen LogP contribution is -2.05. The molecule has 0 fully saturated rings. The molecule has 4 nitrogen and oxygen atoms in total. The van der Waals surface area contributed by atoms with E-state index in [1.165, 1.54) is 18.2 Å². The minimum absolute atomic E-state index is 0.0152. The van der Waals surface area contributed by atoms with Crippen LogP contribution in [-0.2, 0) is 10.1 Å². The molecule has 0 aliphatic carbocycles. The first-order valence-electron chi connectivity index (χ1n) is 6.95. The molecule has 1 aromatic heterocycles. The third-order valence-corrected chi connectivity index (χ3v) is 4.12. The maximum atomic E-state index is 14.4. The van der Waals surface area contributed by atoms with Gasteiger partial charge in [-0.3, -0.25) is 0 Å². The van der Waals surface area contributed by atoms with Crippen molar-refractivity contribution in [2.45, 2.75) is 5.33 Å². The van der Waals surface area contributed by atoms with Gasteiger partial charge < -0.3 is 14.5 Å². The molecule has 0 unspecified atom stereocenters. The van der Waals surface area contributed by atoms with Gasteiger partial charge in [-0.25, -0.2) is 13.6 Å². The molecule has 0 spiro atoms. The second kappa shape index (κ2) is 6.60. The highest BCUT2D eigenvalue weighted by atomic mass is 79.9. The maximum absolute atomic E-state index is 14.4. The summed E-state index contributed by atoms with van der Waals surface area (Å²) in [7, 11) is 1.15. The van der Waals surface area contributed by atoms with Crippen LogP contribution < -0.4 is 4.74 Å². The molecule has 0 saturated carbocycles. The van der Waals surface area contributed by atoms with Gasteiger partial charge in [0.15, 0.2) is 11.6 Å². The first kappa shape index (κ1) is 16.4. The van der Waals surface area contributed by atoms with E-state index in [1.54, 1.807) is 6.20 Å². The van der Waals surface area contributed by atoms with Crippen molar-refractivity contribution in [3.8, 4) is 11.5 Å². The lowest BCUT2D eigenvalue weighted by molar-refractivity contribution is 0.0595. The molecular formula is C17H12BrF2NO3. The van der Waals surface area contributed by atoms with E-state index in [1.807, 2.05) is 6.07 Å². The molecule has 0 atom stereocenters. The molecule has 124 valence electrons. The van der Waals surface area contributed by atoms with Crippen LogP contribution in [0.2, 0.25) is 0 Å². The smallest absolute Gasteiger partial charge is 0.340 e. The molecule has 2 aromatic carbocycles. The van der Waals surface area contributed by atoms with Crippen molar-refractivity contribution in [3.63, 3.8) is 0 Å². The lowest BCUT2D eigenvalue weighted by Gasteiger charge is -2.13. The average Bonchev–Trinajstić information content (AvgIpc) is 3.04. The number of esters is 1. The summed E-state index contributed by atoms with van der Waals surface area (Å²) >= 11 is 3.33. The van der Waals surface area contributed by atoms with Crippen molar-refractivity contribution < 1.29 is 23.0 Å². The minimum Gasteiger partial charge on any atom is -0.465 e. The summed E-state index contributed by atoms with van der Waals surface area (Å²) in [5.74, 6) is -1.99. The molecule has 0 bridgehead atoms. The molecule has 0 amide bonds. The molecule has 3 aromatic rings. The van der Waals surface area contributed by atoms with E-state index in [0.29, 0.717) is 16.4 Å². The number of carbonyl (C=O) groups excluding carboxylic acids is 1. The van der Waals surface area contributed by atoms with Crippen LogP contribution in [0.1, 0.15) is 15.9 Å². The fourth-order valence-electron chi connectivity index (χ4n) is 2.42. The number of hydrogen-bond donors (Lipinski definition) is 1. The highest BCUT2D eigenvalue weighted by molar-refractivity contribution is 9.08. The summed E-state index contributed by atoms with van der Waals surface area (Å²) in [5.41, 5.74) is 0.970.